The second-order valence-corrected chi connectivity index (χ2v) is 5.57. The van der Waals surface area contributed by atoms with Crippen molar-refractivity contribution in [3.63, 3.8) is 0 Å². The molecule has 0 spiro atoms. The van der Waals surface area contributed by atoms with E-state index in [4.69, 9.17) is 4.74 Å². The van der Waals surface area contributed by atoms with Crippen molar-refractivity contribution in [3.8, 4) is 0 Å². The zero-order valence-electron chi connectivity index (χ0n) is 11.7. The van der Waals surface area contributed by atoms with Crippen molar-refractivity contribution >= 4 is 11.9 Å². The van der Waals surface area contributed by atoms with Crippen molar-refractivity contribution in [2.75, 3.05) is 24.5 Å². The number of cyclic esters (lactones) is 1. The van der Waals surface area contributed by atoms with E-state index in [9.17, 15) is 4.79 Å². The largest absolute Gasteiger partial charge is 0.444 e. The molecular weight excluding hydrogens is 256 g/mol. The lowest BCUT2D eigenvalue weighted by Crippen LogP contribution is -2.29. The number of carbonyl (C=O) groups is 1. The molecule has 0 radical (unpaired) electrons. The summed E-state index contributed by atoms with van der Waals surface area (Å²) in [5.41, 5.74) is 1.01. The average Bonchev–Trinajstić information content (AvgIpc) is 2.79. The van der Waals surface area contributed by atoms with Gasteiger partial charge in [0, 0.05) is 11.8 Å². The highest BCUT2D eigenvalue weighted by atomic mass is 16.6. The van der Waals surface area contributed by atoms with Crippen LogP contribution < -0.4 is 10.2 Å². The Bertz CT molecular complexity index is 488. The van der Waals surface area contributed by atoms with Crippen molar-refractivity contribution in [3.05, 3.63) is 18.1 Å². The number of rotatable bonds is 3. The van der Waals surface area contributed by atoms with Gasteiger partial charge in [0.15, 0.2) is 0 Å². The Kier molecular flexibility index (Phi) is 3.82. The highest BCUT2D eigenvalue weighted by Gasteiger charge is 2.30. The molecule has 2 saturated heterocycles. The van der Waals surface area contributed by atoms with Crippen molar-refractivity contribution in [2.45, 2.75) is 32.3 Å². The number of nitrogens with zero attached hydrogens (tertiary/aromatic N) is 3. The van der Waals surface area contributed by atoms with Crippen molar-refractivity contribution in [1.82, 2.24) is 15.3 Å². The quantitative estimate of drug-likeness (QED) is 0.903. The van der Waals surface area contributed by atoms with Gasteiger partial charge in [-0.2, -0.15) is 0 Å². The molecule has 3 heterocycles. The molecule has 1 N–H and O–H groups in total. The summed E-state index contributed by atoms with van der Waals surface area (Å²) in [4.78, 5) is 21.8. The van der Waals surface area contributed by atoms with Gasteiger partial charge in [0.1, 0.15) is 18.2 Å². The van der Waals surface area contributed by atoms with Crippen LogP contribution in [0.25, 0.3) is 0 Å². The van der Waals surface area contributed by atoms with Crippen LogP contribution >= 0.6 is 0 Å². The second-order valence-electron chi connectivity index (χ2n) is 5.57. The van der Waals surface area contributed by atoms with Gasteiger partial charge in [0.2, 0.25) is 0 Å². The smallest absolute Gasteiger partial charge is 0.415 e. The van der Waals surface area contributed by atoms with Gasteiger partial charge >= 0.3 is 6.09 Å². The number of ether oxygens (including phenoxy) is 1. The number of hydrogen-bond acceptors (Lipinski definition) is 5. The van der Waals surface area contributed by atoms with Crippen LogP contribution in [0.5, 0.6) is 0 Å². The number of nitrogens with one attached hydrogen (secondary N) is 1. The van der Waals surface area contributed by atoms with E-state index >= 15 is 0 Å². The normalized spacial score (nSPS) is 23.9. The molecule has 2 fully saturated rings. The van der Waals surface area contributed by atoms with E-state index < -0.39 is 0 Å². The second kappa shape index (κ2) is 5.75. The average molecular weight is 276 g/mol. The minimum Gasteiger partial charge on any atom is -0.444 e. The minimum absolute atomic E-state index is 0.0784. The van der Waals surface area contributed by atoms with Crippen LogP contribution in [0.1, 0.15) is 25.5 Å². The summed E-state index contributed by atoms with van der Waals surface area (Å²) in [7, 11) is 0. The van der Waals surface area contributed by atoms with E-state index in [0.29, 0.717) is 18.3 Å². The SMILES string of the molecule is C[C@H]1CN(c2cc(CC3CCNCC3)ncn2)C(=O)O1. The topological polar surface area (TPSA) is 67.3 Å². The Labute approximate surface area is 118 Å². The standard InChI is InChI=1S/C14H20N4O2/c1-10-8-18(14(19)20-10)13-7-12(16-9-17-13)6-11-2-4-15-5-3-11/h7,9-11,15H,2-6,8H2,1H3/t10-/m0/s1. The Hall–Kier alpha value is -1.69. The van der Waals surface area contributed by atoms with Gasteiger partial charge in [-0.05, 0) is 45.2 Å². The first-order valence-electron chi connectivity index (χ1n) is 7.22. The van der Waals surface area contributed by atoms with Gasteiger partial charge < -0.3 is 10.1 Å². The van der Waals surface area contributed by atoms with Crippen LogP contribution in [-0.4, -0.2) is 41.8 Å². The van der Waals surface area contributed by atoms with E-state index in [2.05, 4.69) is 15.3 Å². The number of aromatic nitrogens is 2. The Morgan fingerprint density at radius 3 is 2.90 bits per heavy atom. The predicted molar refractivity (Wildman–Crippen MR) is 74.6 cm³/mol. The molecule has 0 aliphatic carbocycles. The molecule has 0 saturated carbocycles. The van der Waals surface area contributed by atoms with Crippen molar-refractivity contribution < 1.29 is 9.53 Å². The van der Waals surface area contributed by atoms with Crippen LogP contribution in [0.4, 0.5) is 10.6 Å². The molecule has 6 heteroatoms. The fraction of sp³-hybridized carbons (Fsp3) is 0.643. The maximum Gasteiger partial charge on any atom is 0.415 e. The molecule has 108 valence electrons. The maximum atomic E-state index is 11.7. The molecular formula is C14H20N4O2. The molecule has 2 aliphatic heterocycles. The van der Waals surface area contributed by atoms with Gasteiger partial charge in [-0.1, -0.05) is 0 Å². The van der Waals surface area contributed by atoms with E-state index in [0.717, 1.165) is 25.2 Å². The summed E-state index contributed by atoms with van der Waals surface area (Å²) in [6.07, 6.45) is 4.47. The summed E-state index contributed by atoms with van der Waals surface area (Å²) in [6, 6.07) is 1.92. The third kappa shape index (κ3) is 2.90. The molecule has 1 aromatic heterocycles. The molecule has 0 aromatic carbocycles. The van der Waals surface area contributed by atoms with Crippen molar-refractivity contribution in [1.29, 1.82) is 0 Å². The summed E-state index contributed by atoms with van der Waals surface area (Å²) in [6.45, 7) is 4.61. The predicted octanol–water partition coefficient (Wildman–Crippen LogP) is 1.36. The van der Waals surface area contributed by atoms with E-state index in [1.807, 2.05) is 13.0 Å². The molecule has 0 unspecified atom stereocenters. The first-order chi connectivity index (χ1) is 9.72. The molecule has 6 nitrogen and oxygen atoms in total. The summed E-state index contributed by atoms with van der Waals surface area (Å²) in [5, 5.41) is 3.37. The third-order valence-corrected chi connectivity index (χ3v) is 3.90. The summed E-state index contributed by atoms with van der Waals surface area (Å²) in [5.74, 6) is 1.32. The molecule has 3 rings (SSSR count). The highest BCUT2D eigenvalue weighted by Crippen LogP contribution is 2.22. The molecule has 2 aliphatic rings. The minimum atomic E-state index is -0.316. The Balaban J connectivity index is 1.70. The molecule has 20 heavy (non-hydrogen) atoms. The number of amides is 1. The molecule has 1 aromatic rings. The first-order valence-corrected chi connectivity index (χ1v) is 7.22. The fourth-order valence-electron chi connectivity index (χ4n) is 2.82. The zero-order valence-corrected chi connectivity index (χ0v) is 11.7. The first kappa shape index (κ1) is 13.3. The zero-order chi connectivity index (χ0) is 13.9. The number of anilines is 1. The lowest BCUT2D eigenvalue weighted by molar-refractivity contribution is 0.150. The van der Waals surface area contributed by atoms with Crippen molar-refractivity contribution in [2.24, 2.45) is 5.92 Å². The lowest BCUT2D eigenvalue weighted by Gasteiger charge is -2.22. The molecule has 1 amide bonds. The van der Waals surface area contributed by atoms with Crippen LogP contribution in [0.2, 0.25) is 0 Å². The van der Waals surface area contributed by atoms with Crippen LogP contribution in [0.15, 0.2) is 12.4 Å². The Morgan fingerprint density at radius 2 is 2.20 bits per heavy atom. The van der Waals surface area contributed by atoms with Crippen LogP contribution in [0.3, 0.4) is 0 Å². The van der Waals surface area contributed by atoms with Crippen LogP contribution in [0, 0.1) is 5.92 Å². The van der Waals surface area contributed by atoms with Gasteiger partial charge in [0.05, 0.1) is 6.54 Å². The van der Waals surface area contributed by atoms with Gasteiger partial charge in [0.25, 0.3) is 0 Å². The van der Waals surface area contributed by atoms with E-state index in [-0.39, 0.29) is 12.2 Å². The van der Waals surface area contributed by atoms with E-state index in [1.54, 1.807) is 11.2 Å². The summed E-state index contributed by atoms with van der Waals surface area (Å²) < 4.78 is 5.14. The number of carbonyl (C=O) groups excluding carboxylic acids is 1. The van der Waals surface area contributed by atoms with Gasteiger partial charge in [-0.15, -0.1) is 0 Å². The molecule has 0 bridgehead atoms. The van der Waals surface area contributed by atoms with Gasteiger partial charge in [-0.25, -0.2) is 14.8 Å². The maximum absolute atomic E-state index is 11.7. The number of hydrogen-bond donors (Lipinski definition) is 1. The fourth-order valence-corrected chi connectivity index (χ4v) is 2.82. The van der Waals surface area contributed by atoms with Crippen LogP contribution in [-0.2, 0) is 11.2 Å². The Morgan fingerprint density at radius 1 is 1.40 bits per heavy atom. The number of piperidine rings is 1. The summed E-state index contributed by atoms with van der Waals surface area (Å²) >= 11 is 0. The lowest BCUT2D eigenvalue weighted by atomic mass is 9.93. The van der Waals surface area contributed by atoms with E-state index in [1.165, 1.54) is 12.8 Å². The van der Waals surface area contributed by atoms with Gasteiger partial charge in [-0.3, -0.25) is 4.90 Å². The highest BCUT2D eigenvalue weighted by molar-refractivity contribution is 5.88. The molecule has 1 atom stereocenters. The third-order valence-electron chi connectivity index (χ3n) is 3.90. The monoisotopic (exact) mass is 276 g/mol.